The smallest absolute Gasteiger partial charge is 0.255 e. The zero-order valence-electron chi connectivity index (χ0n) is 13.7. The summed E-state index contributed by atoms with van der Waals surface area (Å²) in [6, 6.07) is 14.0. The topological polar surface area (TPSA) is 67.4 Å². The van der Waals surface area contributed by atoms with Crippen LogP contribution in [0.4, 0.5) is 11.4 Å². The van der Waals surface area contributed by atoms with E-state index < -0.39 is 0 Å². The summed E-state index contributed by atoms with van der Waals surface area (Å²) >= 11 is 1.63. The summed E-state index contributed by atoms with van der Waals surface area (Å²) < 4.78 is 5.21. The van der Waals surface area contributed by atoms with Crippen LogP contribution in [-0.4, -0.2) is 30.9 Å². The standard InChI is InChI=1S/C18H20N2O3S/c1-23-16-6-4-3-5-15(16)20-18(22)13-7-9-14(10-8-13)19-17(21)11-12-24-2/h3-10H,11-12H2,1-2H3,(H,19,21)(H,20,22). The Bertz CT molecular complexity index is 702. The summed E-state index contributed by atoms with van der Waals surface area (Å²) in [5.41, 5.74) is 1.79. The lowest BCUT2D eigenvalue weighted by atomic mass is 10.2. The van der Waals surface area contributed by atoms with E-state index in [4.69, 9.17) is 4.74 Å². The van der Waals surface area contributed by atoms with Gasteiger partial charge in [0.05, 0.1) is 12.8 Å². The first-order valence-corrected chi connectivity index (χ1v) is 8.86. The first-order valence-electron chi connectivity index (χ1n) is 7.47. The van der Waals surface area contributed by atoms with Crippen LogP contribution < -0.4 is 15.4 Å². The molecule has 0 spiro atoms. The quantitative estimate of drug-likeness (QED) is 0.805. The van der Waals surface area contributed by atoms with Crippen molar-refractivity contribution in [1.29, 1.82) is 0 Å². The Balaban J connectivity index is 1.99. The molecule has 0 bridgehead atoms. The van der Waals surface area contributed by atoms with Gasteiger partial charge in [0, 0.05) is 23.4 Å². The maximum Gasteiger partial charge on any atom is 0.255 e. The predicted molar refractivity (Wildman–Crippen MR) is 99.0 cm³/mol. The van der Waals surface area contributed by atoms with E-state index in [1.54, 1.807) is 55.3 Å². The largest absolute Gasteiger partial charge is 0.495 e. The molecule has 0 heterocycles. The molecular formula is C18H20N2O3S. The lowest BCUT2D eigenvalue weighted by Crippen LogP contribution is -2.14. The molecule has 5 nitrogen and oxygen atoms in total. The number of thioether (sulfide) groups is 1. The lowest BCUT2D eigenvalue weighted by molar-refractivity contribution is -0.115. The fourth-order valence-electron chi connectivity index (χ4n) is 2.07. The molecule has 0 fully saturated rings. The molecule has 2 aromatic rings. The number of hydrogen-bond donors (Lipinski definition) is 2. The normalized spacial score (nSPS) is 10.1. The number of benzene rings is 2. The Morgan fingerprint density at radius 2 is 1.75 bits per heavy atom. The summed E-state index contributed by atoms with van der Waals surface area (Å²) in [6.45, 7) is 0. The van der Waals surface area contributed by atoms with Gasteiger partial charge in [-0.25, -0.2) is 0 Å². The molecule has 0 unspecified atom stereocenters. The molecular weight excluding hydrogens is 324 g/mol. The molecule has 0 aromatic heterocycles. The van der Waals surface area contributed by atoms with E-state index in [1.807, 2.05) is 18.4 Å². The minimum absolute atomic E-state index is 0.0319. The van der Waals surface area contributed by atoms with Crippen LogP contribution in [0.25, 0.3) is 0 Å². The second-order valence-corrected chi connectivity index (χ2v) is 6.01. The third-order valence-electron chi connectivity index (χ3n) is 3.32. The van der Waals surface area contributed by atoms with Crippen LogP contribution in [0.1, 0.15) is 16.8 Å². The number of ether oxygens (including phenoxy) is 1. The van der Waals surface area contributed by atoms with Gasteiger partial charge in [0.2, 0.25) is 5.91 Å². The van der Waals surface area contributed by atoms with Gasteiger partial charge in [0.1, 0.15) is 5.75 Å². The zero-order valence-corrected chi connectivity index (χ0v) is 14.5. The average molecular weight is 344 g/mol. The summed E-state index contributed by atoms with van der Waals surface area (Å²) in [7, 11) is 1.56. The maximum atomic E-state index is 12.3. The second-order valence-electron chi connectivity index (χ2n) is 5.02. The molecule has 0 aliphatic carbocycles. The first-order chi connectivity index (χ1) is 11.6. The molecule has 2 aromatic carbocycles. The maximum absolute atomic E-state index is 12.3. The minimum atomic E-state index is -0.236. The fraction of sp³-hybridized carbons (Fsp3) is 0.222. The number of amides is 2. The summed E-state index contributed by atoms with van der Waals surface area (Å²) in [6.07, 6.45) is 2.43. The van der Waals surface area contributed by atoms with Crippen molar-refractivity contribution in [2.24, 2.45) is 0 Å². The molecule has 2 rings (SSSR count). The third-order valence-corrected chi connectivity index (χ3v) is 3.93. The molecule has 0 radical (unpaired) electrons. The highest BCUT2D eigenvalue weighted by molar-refractivity contribution is 7.98. The molecule has 0 atom stereocenters. The van der Waals surface area contributed by atoms with Crippen molar-refractivity contribution in [3.63, 3.8) is 0 Å². The van der Waals surface area contributed by atoms with Crippen LogP contribution in [-0.2, 0) is 4.79 Å². The van der Waals surface area contributed by atoms with E-state index in [9.17, 15) is 9.59 Å². The Morgan fingerprint density at radius 3 is 2.42 bits per heavy atom. The van der Waals surface area contributed by atoms with Gasteiger partial charge in [-0.1, -0.05) is 12.1 Å². The number of hydrogen-bond acceptors (Lipinski definition) is 4. The van der Waals surface area contributed by atoms with Crippen molar-refractivity contribution in [1.82, 2.24) is 0 Å². The minimum Gasteiger partial charge on any atom is -0.495 e. The number of carbonyl (C=O) groups is 2. The van der Waals surface area contributed by atoms with Gasteiger partial charge in [-0.3, -0.25) is 9.59 Å². The van der Waals surface area contributed by atoms with Gasteiger partial charge < -0.3 is 15.4 Å². The number of para-hydroxylation sites is 2. The summed E-state index contributed by atoms with van der Waals surface area (Å²) in [5.74, 6) is 1.12. The number of anilines is 2. The van der Waals surface area contributed by atoms with E-state index in [0.717, 1.165) is 5.75 Å². The van der Waals surface area contributed by atoms with Gasteiger partial charge >= 0.3 is 0 Å². The Morgan fingerprint density at radius 1 is 1.04 bits per heavy atom. The molecule has 0 aliphatic rings. The van der Waals surface area contributed by atoms with Gasteiger partial charge in [-0.2, -0.15) is 11.8 Å². The molecule has 2 amide bonds. The predicted octanol–water partition coefficient (Wildman–Crippen LogP) is 3.64. The molecule has 0 aliphatic heterocycles. The van der Waals surface area contributed by atoms with Crippen molar-refractivity contribution in [3.8, 4) is 5.75 Å². The van der Waals surface area contributed by atoms with Crippen molar-refractivity contribution < 1.29 is 14.3 Å². The van der Waals surface area contributed by atoms with Gasteiger partial charge in [0.25, 0.3) is 5.91 Å². The van der Waals surface area contributed by atoms with E-state index in [-0.39, 0.29) is 11.8 Å². The van der Waals surface area contributed by atoms with Crippen molar-refractivity contribution in [2.45, 2.75) is 6.42 Å². The van der Waals surface area contributed by atoms with E-state index in [1.165, 1.54) is 0 Å². The third kappa shape index (κ3) is 5.03. The first kappa shape index (κ1) is 17.9. The van der Waals surface area contributed by atoms with E-state index in [2.05, 4.69) is 10.6 Å². The molecule has 0 saturated heterocycles. The molecule has 24 heavy (non-hydrogen) atoms. The van der Waals surface area contributed by atoms with Crippen LogP contribution in [0.5, 0.6) is 5.75 Å². The molecule has 0 saturated carbocycles. The SMILES string of the molecule is COc1ccccc1NC(=O)c1ccc(NC(=O)CCSC)cc1. The summed E-state index contributed by atoms with van der Waals surface area (Å²) in [5, 5.41) is 5.62. The van der Waals surface area contributed by atoms with Crippen LogP contribution in [0.15, 0.2) is 48.5 Å². The van der Waals surface area contributed by atoms with Crippen LogP contribution in [0, 0.1) is 0 Å². The molecule has 2 N–H and O–H groups in total. The van der Waals surface area contributed by atoms with Crippen LogP contribution in [0.3, 0.4) is 0 Å². The van der Waals surface area contributed by atoms with Crippen LogP contribution in [0.2, 0.25) is 0 Å². The lowest BCUT2D eigenvalue weighted by Gasteiger charge is -2.10. The fourth-order valence-corrected chi connectivity index (χ4v) is 2.46. The van der Waals surface area contributed by atoms with E-state index in [0.29, 0.717) is 29.1 Å². The van der Waals surface area contributed by atoms with Crippen molar-refractivity contribution in [2.75, 3.05) is 29.8 Å². The Hall–Kier alpha value is -2.47. The highest BCUT2D eigenvalue weighted by Crippen LogP contribution is 2.23. The second kappa shape index (κ2) is 8.98. The monoisotopic (exact) mass is 344 g/mol. The van der Waals surface area contributed by atoms with Gasteiger partial charge in [-0.05, 0) is 42.7 Å². The average Bonchev–Trinajstić information content (AvgIpc) is 2.61. The Labute approximate surface area is 145 Å². The van der Waals surface area contributed by atoms with Crippen molar-refractivity contribution >= 4 is 35.0 Å². The Kier molecular flexibility index (Phi) is 6.69. The summed E-state index contributed by atoms with van der Waals surface area (Å²) in [4.78, 5) is 24.0. The van der Waals surface area contributed by atoms with Gasteiger partial charge in [-0.15, -0.1) is 0 Å². The number of carbonyl (C=O) groups excluding carboxylic acids is 2. The van der Waals surface area contributed by atoms with Crippen molar-refractivity contribution in [3.05, 3.63) is 54.1 Å². The number of nitrogens with one attached hydrogen (secondary N) is 2. The molecule has 126 valence electrons. The number of rotatable bonds is 7. The van der Waals surface area contributed by atoms with E-state index >= 15 is 0 Å². The highest BCUT2D eigenvalue weighted by Gasteiger charge is 2.09. The molecule has 6 heteroatoms. The number of methoxy groups -OCH3 is 1. The van der Waals surface area contributed by atoms with Gasteiger partial charge in [0.15, 0.2) is 0 Å². The van der Waals surface area contributed by atoms with Crippen LogP contribution >= 0.6 is 11.8 Å². The zero-order chi connectivity index (χ0) is 17.4. The highest BCUT2D eigenvalue weighted by atomic mass is 32.2.